The number of H-pyrrole nitrogens is 2. The van der Waals surface area contributed by atoms with Gasteiger partial charge in [-0.25, -0.2) is 0 Å². The lowest BCUT2D eigenvalue weighted by atomic mass is 10.0. The highest BCUT2D eigenvalue weighted by Crippen LogP contribution is 2.20. The summed E-state index contributed by atoms with van der Waals surface area (Å²) in [7, 11) is 0. The van der Waals surface area contributed by atoms with Crippen LogP contribution in [0.1, 0.15) is 48.8 Å². The molecule has 3 rings (SSSR count). The van der Waals surface area contributed by atoms with Crippen molar-refractivity contribution in [2.75, 3.05) is 0 Å². The molecule has 3 aromatic rings. The molecule has 7 heteroatoms. The Morgan fingerprint density at radius 1 is 1.12 bits per heavy atom. The first kappa shape index (κ1) is 23.9. The number of carbonyl (C=O) groups is 2. The van der Waals surface area contributed by atoms with Crippen LogP contribution in [0, 0.1) is 18.3 Å². The summed E-state index contributed by atoms with van der Waals surface area (Å²) >= 11 is 0. The van der Waals surface area contributed by atoms with Crippen LogP contribution in [0.4, 0.5) is 0 Å². The molecule has 0 spiro atoms. The molecule has 0 aliphatic rings. The minimum Gasteiger partial charge on any atom is -0.351 e. The fraction of sp³-hybridized carbons (Fsp3) is 0.346. The van der Waals surface area contributed by atoms with E-state index in [4.69, 9.17) is 6.42 Å². The number of rotatable bonds is 9. The highest BCUT2D eigenvalue weighted by molar-refractivity contribution is 6.00. The van der Waals surface area contributed by atoms with E-state index in [-0.39, 0.29) is 29.7 Å². The Balaban J connectivity index is 1.75. The third-order valence-electron chi connectivity index (χ3n) is 5.55. The van der Waals surface area contributed by atoms with Gasteiger partial charge in [0, 0.05) is 29.1 Å². The topological polar surface area (TPSA) is 107 Å². The summed E-state index contributed by atoms with van der Waals surface area (Å²) in [6, 6.07) is 9.66. The average molecular weight is 447 g/mol. The zero-order chi connectivity index (χ0) is 24.0. The highest BCUT2D eigenvalue weighted by Gasteiger charge is 2.25. The molecular weight excluding hydrogens is 416 g/mol. The maximum atomic E-state index is 13.0. The predicted octanol–water partition coefficient (Wildman–Crippen LogP) is 2.92. The Morgan fingerprint density at radius 3 is 2.55 bits per heavy atom. The molecule has 1 aromatic carbocycles. The van der Waals surface area contributed by atoms with Crippen LogP contribution in [0.5, 0.6) is 0 Å². The fourth-order valence-corrected chi connectivity index (χ4v) is 3.85. The van der Waals surface area contributed by atoms with Gasteiger partial charge in [0.25, 0.3) is 11.5 Å². The predicted molar refractivity (Wildman–Crippen MR) is 130 cm³/mol. The monoisotopic (exact) mass is 446 g/mol. The molecule has 0 bridgehead atoms. The number of nitrogens with one attached hydrogen (secondary N) is 4. The van der Waals surface area contributed by atoms with Gasteiger partial charge in [-0.3, -0.25) is 14.4 Å². The number of aromatic amines is 2. The molecule has 0 aliphatic heterocycles. The highest BCUT2D eigenvalue weighted by atomic mass is 16.2. The number of fused-ring (bicyclic) bond motifs is 1. The second-order valence-corrected chi connectivity index (χ2v) is 8.53. The normalized spacial score (nSPS) is 12.8. The number of aryl methyl sites for hydroxylation is 1. The van der Waals surface area contributed by atoms with Crippen molar-refractivity contribution in [2.24, 2.45) is 5.92 Å². The van der Waals surface area contributed by atoms with E-state index in [0.29, 0.717) is 17.7 Å². The number of amides is 2. The van der Waals surface area contributed by atoms with Crippen LogP contribution in [-0.4, -0.2) is 33.9 Å². The molecule has 2 aromatic heterocycles. The number of terminal acetylenes is 1. The van der Waals surface area contributed by atoms with Gasteiger partial charge < -0.3 is 20.6 Å². The van der Waals surface area contributed by atoms with Crippen LogP contribution < -0.4 is 16.2 Å². The SMILES string of the molecule is C#C[C@H](Cc1ccc[nH]c1=O)NC(=O)[C@H](CC(C)C)NC(=O)c1cc2c(CC)cccc2[nH]1. The molecule has 172 valence electrons. The Hall–Kier alpha value is -3.79. The summed E-state index contributed by atoms with van der Waals surface area (Å²) in [5, 5.41) is 6.64. The van der Waals surface area contributed by atoms with Crippen LogP contribution in [0.3, 0.4) is 0 Å². The van der Waals surface area contributed by atoms with Crippen molar-refractivity contribution in [3.8, 4) is 12.3 Å². The van der Waals surface area contributed by atoms with E-state index in [2.05, 4.69) is 33.4 Å². The van der Waals surface area contributed by atoms with Gasteiger partial charge in [0.1, 0.15) is 11.7 Å². The minimum atomic E-state index is -0.764. The number of hydrogen-bond donors (Lipinski definition) is 4. The summed E-state index contributed by atoms with van der Waals surface area (Å²) in [6.07, 6.45) is 8.65. The molecule has 0 fully saturated rings. The van der Waals surface area contributed by atoms with Gasteiger partial charge in [-0.1, -0.05) is 44.9 Å². The maximum Gasteiger partial charge on any atom is 0.268 e. The van der Waals surface area contributed by atoms with E-state index in [9.17, 15) is 14.4 Å². The van der Waals surface area contributed by atoms with Crippen molar-refractivity contribution in [1.82, 2.24) is 20.6 Å². The Kier molecular flexibility index (Phi) is 7.73. The van der Waals surface area contributed by atoms with Gasteiger partial charge in [0.15, 0.2) is 0 Å². The number of pyridine rings is 1. The van der Waals surface area contributed by atoms with Crippen LogP contribution in [0.2, 0.25) is 0 Å². The van der Waals surface area contributed by atoms with Crippen molar-refractivity contribution in [2.45, 2.75) is 52.1 Å². The van der Waals surface area contributed by atoms with E-state index < -0.39 is 12.1 Å². The van der Waals surface area contributed by atoms with Crippen LogP contribution in [0.15, 0.2) is 47.4 Å². The summed E-state index contributed by atoms with van der Waals surface area (Å²) in [5.41, 5.74) is 2.66. The zero-order valence-electron chi connectivity index (χ0n) is 19.2. The quantitative estimate of drug-likeness (QED) is 0.380. The molecular formula is C26H30N4O3. The molecule has 0 unspecified atom stereocenters. The minimum absolute atomic E-state index is 0.164. The van der Waals surface area contributed by atoms with E-state index in [1.54, 1.807) is 12.1 Å². The van der Waals surface area contributed by atoms with Crippen molar-refractivity contribution < 1.29 is 9.59 Å². The van der Waals surface area contributed by atoms with Crippen molar-refractivity contribution in [3.05, 3.63) is 69.8 Å². The van der Waals surface area contributed by atoms with Crippen molar-refractivity contribution >= 4 is 22.7 Å². The van der Waals surface area contributed by atoms with Gasteiger partial charge in [0.2, 0.25) is 5.91 Å². The Bertz CT molecular complexity index is 1230. The fourth-order valence-electron chi connectivity index (χ4n) is 3.85. The van der Waals surface area contributed by atoms with Gasteiger partial charge in [-0.2, -0.15) is 0 Å². The summed E-state index contributed by atoms with van der Waals surface area (Å²) in [5.74, 6) is 1.96. The molecule has 0 saturated heterocycles. The molecule has 0 saturated carbocycles. The number of carbonyl (C=O) groups excluding carboxylic acids is 2. The Morgan fingerprint density at radius 2 is 1.88 bits per heavy atom. The maximum absolute atomic E-state index is 13.0. The molecule has 0 radical (unpaired) electrons. The van der Waals surface area contributed by atoms with Crippen LogP contribution >= 0.6 is 0 Å². The molecule has 33 heavy (non-hydrogen) atoms. The molecule has 4 N–H and O–H groups in total. The molecule has 2 amide bonds. The van der Waals surface area contributed by atoms with E-state index >= 15 is 0 Å². The summed E-state index contributed by atoms with van der Waals surface area (Å²) < 4.78 is 0. The third-order valence-corrected chi connectivity index (χ3v) is 5.55. The summed E-state index contributed by atoms with van der Waals surface area (Å²) in [6.45, 7) is 6.02. The number of hydrogen-bond acceptors (Lipinski definition) is 3. The average Bonchev–Trinajstić information content (AvgIpc) is 3.24. The van der Waals surface area contributed by atoms with Crippen LogP contribution in [0.25, 0.3) is 10.9 Å². The standard InChI is InChI=1S/C26H30N4O3/c1-5-17-9-7-11-21-20(17)15-23(29-21)26(33)30-22(13-16(3)4)25(32)28-19(6-2)14-18-10-8-12-27-24(18)31/h2,7-12,15-16,19,22,29H,5,13-14H2,1,3-4H3,(H,27,31)(H,28,32)(H,30,33)/t19-,22+/m1/s1. The first-order valence-corrected chi connectivity index (χ1v) is 11.2. The van der Waals surface area contributed by atoms with Gasteiger partial charge >= 0.3 is 0 Å². The molecule has 0 aliphatic carbocycles. The first-order chi connectivity index (χ1) is 15.8. The largest absolute Gasteiger partial charge is 0.351 e. The van der Waals surface area contributed by atoms with Crippen molar-refractivity contribution in [1.29, 1.82) is 0 Å². The van der Waals surface area contributed by atoms with E-state index in [1.807, 2.05) is 38.1 Å². The summed E-state index contributed by atoms with van der Waals surface area (Å²) in [4.78, 5) is 43.7. The van der Waals surface area contributed by atoms with E-state index in [1.165, 1.54) is 6.20 Å². The first-order valence-electron chi connectivity index (χ1n) is 11.2. The van der Waals surface area contributed by atoms with Crippen LogP contribution in [-0.2, 0) is 17.6 Å². The van der Waals surface area contributed by atoms with E-state index in [0.717, 1.165) is 22.9 Å². The lowest BCUT2D eigenvalue weighted by Gasteiger charge is -2.22. The number of aromatic nitrogens is 2. The molecule has 2 heterocycles. The zero-order valence-corrected chi connectivity index (χ0v) is 19.2. The number of benzene rings is 1. The molecule has 7 nitrogen and oxygen atoms in total. The molecule has 2 atom stereocenters. The van der Waals surface area contributed by atoms with Gasteiger partial charge in [0.05, 0.1) is 6.04 Å². The lowest BCUT2D eigenvalue weighted by molar-refractivity contribution is -0.123. The second kappa shape index (κ2) is 10.7. The van der Waals surface area contributed by atoms with Crippen molar-refractivity contribution in [3.63, 3.8) is 0 Å². The van der Waals surface area contributed by atoms with Gasteiger partial charge in [-0.05, 0) is 42.5 Å². The second-order valence-electron chi connectivity index (χ2n) is 8.53. The van der Waals surface area contributed by atoms with Gasteiger partial charge in [-0.15, -0.1) is 6.42 Å². The third kappa shape index (κ3) is 5.92. The lowest BCUT2D eigenvalue weighted by Crippen LogP contribution is -2.50. The smallest absolute Gasteiger partial charge is 0.268 e. The Labute approximate surface area is 193 Å².